The highest BCUT2D eigenvalue weighted by Gasteiger charge is 2.32. The summed E-state index contributed by atoms with van der Waals surface area (Å²) in [5.74, 6) is 1.78. The van der Waals surface area contributed by atoms with E-state index in [1.165, 1.54) is 0 Å². The van der Waals surface area contributed by atoms with E-state index in [2.05, 4.69) is 13.0 Å². The monoisotopic (exact) mass is 473 g/mol. The molecule has 0 spiro atoms. The molecule has 2 aliphatic rings. The lowest BCUT2D eigenvalue weighted by molar-refractivity contribution is -0.137. The fourth-order valence-corrected chi connectivity index (χ4v) is 5.25. The molecule has 184 valence electrons. The highest BCUT2D eigenvalue weighted by atomic mass is 16.5. The van der Waals surface area contributed by atoms with Crippen molar-refractivity contribution in [3.05, 3.63) is 71.4 Å². The van der Waals surface area contributed by atoms with Crippen LogP contribution in [0.1, 0.15) is 55.3 Å². The summed E-state index contributed by atoms with van der Waals surface area (Å²) in [4.78, 5) is 15.7. The molecule has 1 aliphatic carbocycles. The third-order valence-corrected chi connectivity index (χ3v) is 7.16. The van der Waals surface area contributed by atoms with E-state index in [0.717, 1.165) is 73.4 Å². The summed E-state index contributed by atoms with van der Waals surface area (Å²) in [5, 5.41) is 4.86. The van der Waals surface area contributed by atoms with Gasteiger partial charge >= 0.3 is 0 Å². The van der Waals surface area contributed by atoms with Gasteiger partial charge in [0.05, 0.1) is 29.6 Å². The lowest BCUT2D eigenvalue weighted by Crippen LogP contribution is -2.40. The summed E-state index contributed by atoms with van der Waals surface area (Å²) in [5.41, 5.74) is 3.87. The smallest absolute Gasteiger partial charge is 0.227 e. The van der Waals surface area contributed by atoms with Crippen LogP contribution in [0.2, 0.25) is 0 Å². The predicted octanol–water partition coefficient (Wildman–Crippen LogP) is 5.98. The SMILES string of the molecule is Cc1cccc(Oc2c(CN(C[C@H]3CCCO3)C(=O)C3CCCC3)c(C)nn2-c2ccccc2)c1. The number of aryl methyl sites for hydroxylation is 2. The van der Waals surface area contributed by atoms with Crippen LogP contribution in [0.4, 0.5) is 0 Å². The summed E-state index contributed by atoms with van der Waals surface area (Å²) in [6.07, 6.45) is 6.40. The first-order valence-corrected chi connectivity index (χ1v) is 12.9. The van der Waals surface area contributed by atoms with Crippen LogP contribution in [0, 0.1) is 19.8 Å². The van der Waals surface area contributed by atoms with Crippen molar-refractivity contribution in [2.75, 3.05) is 13.2 Å². The van der Waals surface area contributed by atoms with Gasteiger partial charge in [0, 0.05) is 19.1 Å². The van der Waals surface area contributed by atoms with E-state index in [4.69, 9.17) is 14.6 Å². The number of rotatable bonds is 8. The summed E-state index contributed by atoms with van der Waals surface area (Å²) < 4.78 is 14.3. The number of carbonyl (C=O) groups excluding carboxylic acids is 1. The molecule has 1 amide bonds. The molecular formula is C29H35N3O3. The van der Waals surface area contributed by atoms with Crippen LogP contribution in [0.15, 0.2) is 54.6 Å². The number of nitrogens with zero attached hydrogens (tertiary/aromatic N) is 3. The average Bonchev–Trinajstić information content (AvgIpc) is 3.63. The van der Waals surface area contributed by atoms with Crippen LogP contribution in [0.3, 0.4) is 0 Å². The number of hydrogen-bond donors (Lipinski definition) is 0. The van der Waals surface area contributed by atoms with Crippen LogP contribution in [-0.4, -0.2) is 39.8 Å². The molecule has 1 atom stereocenters. The van der Waals surface area contributed by atoms with Gasteiger partial charge in [0.15, 0.2) is 0 Å². The van der Waals surface area contributed by atoms with Gasteiger partial charge in [0.25, 0.3) is 0 Å². The average molecular weight is 474 g/mol. The van der Waals surface area contributed by atoms with Gasteiger partial charge in [-0.05, 0) is 69.4 Å². The molecule has 1 saturated heterocycles. The molecule has 35 heavy (non-hydrogen) atoms. The number of aromatic nitrogens is 2. The number of amides is 1. The highest BCUT2D eigenvalue weighted by Crippen LogP contribution is 2.34. The van der Waals surface area contributed by atoms with Gasteiger partial charge in [-0.3, -0.25) is 4.79 Å². The van der Waals surface area contributed by atoms with E-state index in [1.807, 2.05) is 65.0 Å². The maximum atomic E-state index is 13.6. The number of ether oxygens (including phenoxy) is 2. The lowest BCUT2D eigenvalue weighted by Gasteiger charge is -2.28. The minimum atomic E-state index is 0.103. The summed E-state index contributed by atoms with van der Waals surface area (Å²) in [6.45, 7) is 5.92. The molecule has 2 fully saturated rings. The van der Waals surface area contributed by atoms with Crippen molar-refractivity contribution in [2.45, 2.75) is 65.0 Å². The van der Waals surface area contributed by atoms with Crippen LogP contribution in [0.5, 0.6) is 11.6 Å². The first-order valence-electron chi connectivity index (χ1n) is 12.9. The zero-order valence-electron chi connectivity index (χ0n) is 20.8. The molecule has 0 radical (unpaired) electrons. The van der Waals surface area contributed by atoms with Gasteiger partial charge in [0.1, 0.15) is 5.75 Å². The molecule has 0 bridgehead atoms. The second-order valence-electron chi connectivity index (χ2n) is 9.87. The molecule has 0 unspecified atom stereocenters. The van der Waals surface area contributed by atoms with Crippen LogP contribution >= 0.6 is 0 Å². The Hall–Kier alpha value is -3.12. The lowest BCUT2D eigenvalue weighted by atomic mass is 10.1. The third kappa shape index (κ3) is 5.43. The van der Waals surface area contributed by atoms with Gasteiger partial charge in [0.2, 0.25) is 11.8 Å². The Kier molecular flexibility index (Phi) is 7.19. The second kappa shape index (κ2) is 10.6. The van der Waals surface area contributed by atoms with Gasteiger partial charge in [-0.25, -0.2) is 4.68 Å². The maximum absolute atomic E-state index is 13.6. The Morgan fingerprint density at radius 3 is 2.57 bits per heavy atom. The Labute approximate surface area is 207 Å². The Balaban J connectivity index is 1.51. The van der Waals surface area contributed by atoms with Gasteiger partial charge in [-0.15, -0.1) is 0 Å². The van der Waals surface area contributed by atoms with Gasteiger partial charge in [-0.1, -0.05) is 43.2 Å². The molecule has 6 heteroatoms. The largest absolute Gasteiger partial charge is 0.439 e. The van der Waals surface area contributed by atoms with Crippen LogP contribution < -0.4 is 4.74 Å². The van der Waals surface area contributed by atoms with Crippen molar-refractivity contribution in [1.29, 1.82) is 0 Å². The van der Waals surface area contributed by atoms with E-state index in [0.29, 0.717) is 19.0 Å². The first kappa shape index (κ1) is 23.6. The molecule has 0 N–H and O–H groups in total. The minimum absolute atomic E-state index is 0.103. The zero-order chi connectivity index (χ0) is 24.2. The standard InChI is InChI=1S/C29H35N3O3/c1-21-10-8-15-25(18-21)35-29-27(22(2)30-32(29)24-13-4-3-5-14-24)20-31(19-26-16-9-17-34-26)28(33)23-11-6-7-12-23/h3-5,8,10,13-15,18,23,26H,6-7,9,11-12,16-17,19-20H2,1-2H3/t26-/m1/s1. The summed E-state index contributed by atoms with van der Waals surface area (Å²) >= 11 is 0. The Morgan fingerprint density at radius 1 is 1.06 bits per heavy atom. The molecule has 2 heterocycles. The number of benzene rings is 2. The number of carbonyl (C=O) groups is 1. The van der Waals surface area contributed by atoms with Crippen molar-refractivity contribution >= 4 is 5.91 Å². The molecule has 1 aromatic heterocycles. The first-order chi connectivity index (χ1) is 17.1. The van der Waals surface area contributed by atoms with Crippen LogP contribution in [-0.2, 0) is 16.1 Å². The topological polar surface area (TPSA) is 56.6 Å². The Morgan fingerprint density at radius 2 is 1.86 bits per heavy atom. The molecule has 2 aromatic carbocycles. The fourth-order valence-electron chi connectivity index (χ4n) is 5.25. The van der Waals surface area contributed by atoms with E-state index < -0.39 is 0 Å². The van der Waals surface area contributed by atoms with Crippen molar-refractivity contribution in [3.63, 3.8) is 0 Å². The summed E-state index contributed by atoms with van der Waals surface area (Å²) in [6, 6.07) is 18.1. The molecule has 6 nitrogen and oxygen atoms in total. The number of hydrogen-bond acceptors (Lipinski definition) is 4. The van der Waals surface area contributed by atoms with E-state index in [9.17, 15) is 4.79 Å². The van der Waals surface area contributed by atoms with Crippen molar-refractivity contribution in [3.8, 4) is 17.3 Å². The maximum Gasteiger partial charge on any atom is 0.227 e. The van der Waals surface area contributed by atoms with Gasteiger partial charge < -0.3 is 14.4 Å². The third-order valence-electron chi connectivity index (χ3n) is 7.16. The molecular weight excluding hydrogens is 438 g/mol. The van der Waals surface area contributed by atoms with Crippen LogP contribution in [0.25, 0.3) is 5.69 Å². The van der Waals surface area contributed by atoms with Crippen molar-refractivity contribution in [2.24, 2.45) is 5.92 Å². The quantitative estimate of drug-likeness (QED) is 0.404. The second-order valence-corrected chi connectivity index (χ2v) is 9.87. The zero-order valence-corrected chi connectivity index (χ0v) is 20.8. The summed E-state index contributed by atoms with van der Waals surface area (Å²) in [7, 11) is 0. The van der Waals surface area contributed by atoms with Gasteiger partial charge in [-0.2, -0.15) is 5.10 Å². The predicted molar refractivity (Wildman–Crippen MR) is 136 cm³/mol. The van der Waals surface area contributed by atoms with E-state index in [-0.39, 0.29) is 17.9 Å². The number of para-hydroxylation sites is 1. The van der Waals surface area contributed by atoms with Crippen molar-refractivity contribution < 1.29 is 14.3 Å². The highest BCUT2D eigenvalue weighted by molar-refractivity contribution is 5.79. The molecule has 1 aliphatic heterocycles. The molecule has 3 aromatic rings. The molecule has 1 saturated carbocycles. The molecule has 5 rings (SSSR count). The fraction of sp³-hybridized carbons (Fsp3) is 0.448. The Bertz CT molecular complexity index is 1150. The minimum Gasteiger partial charge on any atom is -0.439 e. The normalized spacial score (nSPS) is 18.2. The van der Waals surface area contributed by atoms with Crippen molar-refractivity contribution in [1.82, 2.24) is 14.7 Å². The van der Waals surface area contributed by atoms with E-state index >= 15 is 0 Å². The van der Waals surface area contributed by atoms with E-state index in [1.54, 1.807) is 0 Å².